The Labute approximate surface area is 125 Å². The highest BCUT2D eigenvalue weighted by molar-refractivity contribution is 5.18. The third-order valence-corrected chi connectivity index (χ3v) is 3.07. The van der Waals surface area contributed by atoms with E-state index in [4.69, 9.17) is 10.8 Å². The van der Waals surface area contributed by atoms with Crippen LogP contribution in [0.15, 0.2) is 30.3 Å². The SMILES string of the molecule is CC(C)(C)CC(C)(C)CCCCN.Oc1ccccc1. The Morgan fingerprint density at radius 2 is 1.50 bits per heavy atom. The van der Waals surface area contributed by atoms with Gasteiger partial charge in [0.25, 0.3) is 0 Å². The van der Waals surface area contributed by atoms with E-state index >= 15 is 0 Å². The first kappa shape index (κ1) is 19.0. The molecule has 0 atom stereocenters. The second kappa shape index (κ2) is 9.02. The molecule has 2 heteroatoms. The van der Waals surface area contributed by atoms with E-state index in [9.17, 15) is 0 Å². The van der Waals surface area contributed by atoms with Crippen molar-refractivity contribution in [3.63, 3.8) is 0 Å². The Kier molecular flexibility index (Phi) is 8.56. The molecule has 1 rings (SSSR count). The van der Waals surface area contributed by atoms with Crippen molar-refractivity contribution < 1.29 is 5.11 Å². The molecule has 0 amide bonds. The predicted octanol–water partition coefficient (Wildman–Crippen LogP) is 4.97. The third-order valence-electron chi connectivity index (χ3n) is 3.07. The average molecular weight is 279 g/mol. The van der Waals surface area contributed by atoms with Crippen LogP contribution in [0.4, 0.5) is 0 Å². The van der Waals surface area contributed by atoms with Crippen LogP contribution in [0.5, 0.6) is 5.75 Å². The third kappa shape index (κ3) is 12.0. The Hall–Kier alpha value is -1.02. The Morgan fingerprint density at radius 1 is 0.950 bits per heavy atom. The first-order chi connectivity index (χ1) is 9.16. The van der Waals surface area contributed by atoms with E-state index in [0.717, 1.165) is 6.54 Å². The number of hydrogen-bond acceptors (Lipinski definition) is 2. The standard InChI is InChI=1S/C12H27N.C6H6O/c1-11(2,3)10-12(4,5)8-6-7-9-13;7-6-4-2-1-3-5-6/h6-10,13H2,1-5H3;1-5,7H. The first-order valence-corrected chi connectivity index (χ1v) is 7.60. The molecule has 3 N–H and O–H groups in total. The van der Waals surface area contributed by atoms with E-state index in [1.165, 1.54) is 25.7 Å². The summed E-state index contributed by atoms with van der Waals surface area (Å²) in [6, 6.07) is 8.71. The largest absolute Gasteiger partial charge is 0.508 e. The summed E-state index contributed by atoms with van der Waals surface area (Å²) >= 11 is 0. The van der Waals surface area contributed by atoms with Crippen LogP contribution >= 0.6 is 0 Å². The van der Waals surface area contributed by atoms with Gasteiger partial charge in [-0.3, -0.25) is 0 Å². The fourth-order valence-electron chi connectivity index (χ4n) is 2.70. The molecule has 2 nitrogen and oxygen atoms in total. The molecule has 0 heterocycles. The van der Waals surface area contributed by atoms with Crippen LogP contribution in [0.2, 0.25) is 0 Å². The molecule has 116 valence electrons. The molecule has 0 saturated carbocycles. The molecule has 0 aliphatic heterocycles. The summed E-state index contributed by atoms with van der Waals surface area (Å²) in [6.07, 6.45) is 5.05. The van der Waals surface area contributed by atoms with Gasteiger partial charge in [0, 0.05) is 0 Å². The van der Waals surface area contributed by atoms with Gasteiger partial charge in [0.15, 0.2) is 0 Å². The minimum Gasteiger partial charge on any atom is -0.508 e. The van der Waals surface area contributed by atoms with Gasteiger partial charge in [0.05, 0.1) is 0 Å². The molecule has 0 aliphatic rings. The molecule has 0 bridgehead atoms. The maximum Gasteiger partial charge on any atom is 0.115 e. The molecule has 20 heavy (non-hydrogen) atoms. The van der Waals surface area contributed by atoms with Crippen LogP contribution in [-0.2, 0) is 0 Å². The number of phenols is 1. The second-order valence-corrected chi connectivity index (χ2v) is 7.48. The minimum atomic E-state index is 0.322. The fraction of sp³-hybridized carbons (Fsp3) is 0.667. The maximum atomic E-state index is 8.63. The summed E-state index contributed by atoms with van der Waals surface area (Å²) in [5, 5.41) is 8.63. The van der Waals surface area contributed by atoms with Crippen molar-refractivity contribution >= 4 is 0 Å². The van der Waals surface area contributed by atoms with Crippen molar-refractivity contribution in [2.45, 2.75) is 60.3 Å². The van der Waals surface area contributed by atoms with Crippen LogP contribution in [-0.4, -0.2) is 11.7 Å². The first-order valence-electron chi connectivity index (χ1n) is 7.60. The average Bonchev–Trinajstić information content (AvgIpc) is 2.27. The summed E-state index contributed by atoms with van der Waals surface area (Å²) in [5.74, 6) is 0.322. The van der Waals surface area contributed by atoms with Gasteiger partial charge in [-0.15, -0.1) is 0 Å². The number of para-hydroxylation sites is 1. The van der Waals surface area contributed by atoms with E-state index in [1.807, 2.05) is 6.07 Å². The molecule has 0 aromatic heterocycles. The highest BCUT2D eigenvalue weighted by Crippen LogP contribution is 2.36. The van der Waals surface area contributed by atoms with Crippen molar-refractivity contribution in [2.24, 2.45) is 16.6 Å². The molecule has 0 unspecified atom stereocenters. The topological polar surface area (TPSA) is 46.2 Å². The van der Waals surface area contributed by atoms with Gasteiger partial charge in [0.2, 0.25) is 0 Å². The van der Waals surface area contributed by atoms with Crippen LogP contribution < -0.4 is 5.73 Å². The number of hydrogen-bond donors (Lipinski definition) is 2. The lowest BCUT2D eigenvalue weighted by molar-refractivity contribution is 0.194. The van der Waals surface area contributed by atoms with Crippen molar-refractivity contribution in [3.05, 3.63) is 30.3 Å². The maximum absolute atomic E-state index is 8.63. The van der Waals surface area contributed by atoms with Crippen molar-refractivity contribution in [1.29, 1.82) is 0 Å². The smallest absolute Gasteiger partial charge is 0.115 e. The lowest BCUT2D eigenvalue weighted by Gasteiger charge is -2.32. The molecule has 1 aromatic carbocycles. The number of unbranched alkanes of at least 4 members (excludes halogenated alkanes) is 1. The van der Waals surface area contributed by atoms with Crippen molar-refractivity contribution in [2.75, 3.05) is 6.54 Å². The van der Waals surface area contributed by atoms with Gasteiger partial charge in [-0.05, 0) is 48.8 Å². The summed E-state index contributed by atoms with van der Waals surface area (Å²) in [4.78, 5) is 0. The molecule has 0 aliphatic carbocycles. The summed E-state index contributed by atoms with van der Waals surface area (Å²) < 4.78 is 0. The van der Waals surface area contributed by atoms with E-state index in [1.54, 1.807) is 24.3 Å². The summed E-state index contributed by atoms with van der Waals surface area (Å²) in [5.41, 5.74) is 6.42. The minimum absolute atomic E-state index is 0.322. The van der Waals surface area contributed by atoms with Gasteiger partial charge < -0.3 is 10.8 Å². The lowest BCUT2D eigenvalue weighted by Crippen LogP contribution is -2.20. The highest BCUT2D eigenvalue weighted by Gasteiger charge is 2.24. The lowest BCUT2D eigenvalue weighted by atomic mass is 9.74. The fourth-order valence-corrected chi connectivity index (χ4v) is 2.70. The molecule has 0 radical (unpaired) electrons. The number of rotatable bonds is 5. The van der Waals surface area contributed by atoms with Gasteiger partial charge in [-0.25, -0.2) is 0 Å². The Bertz CT molecular complexity index is 338. The number of aromatic hydroxyl groups is 1. The van der Waals surface area contributed by atoms with Gasteiger partial charge in [0.1, 0.15) is 5.75 Å². The number of nitrogens with two attached hydrogens (primary N) is 1. The van der Waals surface area contributed by atoms with Crippen molar-refractivity contribution in [1.82, 2.24) is 0 Å². The summed E-state index contributed by atoms with van der Waals surface area (Å²) in [6.45, 7) is 12.5. The zero-order chi connectivity index (χ0) is 15.6. The monoisotopic (exact) mass is 279 g/mol. The van der Waals surface area contributed by atoms with Gasteiger partial charge in [-0.2, -0.15) is 0 Å². The molecule has 1 aromatic rings. The van der Waals surface area contributed by atoms with E-state index in [-0.39, 0.29) is 0 Å². The normalized spacial score (nSPS) is 11.7. The molecular weight excluding hydrogens is 246 g/mol. The summed E-state index contributed by atoms with van der Waals surface area (Å²) in [7, 11) is 0. The van der Waals surface area contributed by atoms with Crippen LogP contribution in [0.1, 0.15) is 60.3 Å². The van der Waals surface area contributed by atoms with Crippen molar-refractivity contribution in [3.8, 4) is 5.75 Å². The van der Waals surface area contributed by atoms with Crippen LogP contribution in [0.25, 0.3) is 0 Å². The molecule has 0 fully saturated rings. The second-order valence-electron chi connectivity index (χ2n) is 7.48. The van der Waals surface area contributed by atoms with E-state index in [0.29, 0.717) is 16.6 Å². The van der Waals surface area contributed by atoms with E-state index in [2.05, 4.69) is 34.6 Å². The molecular formula is C18H33NO. The Morgan fingerprint density at radius 3 is 1.85 bits per heavy atom. The zero-order valence-electron chi connectivity index (χ0n) is 13.9. The highest BCUT2D eigenvalue weighted by atomic mass is 16.3. The predicted molar refractivity (Wildman–Crippen MR) is 88.9 cm³/mol. The van der Waals surface area contributed by atoms with E-state index < -0.39 is 0 Å². The van der Waals surface area contributed by atoms with Gasteiger partial charge in [-0.1, -0.05) is 59.2 Å². The van der Waals surface area contributed by atoms with Crippen LogP contribution in [0.3, 0.4) is 0 Å². The molecule has 0 spiro atoms. The van der Waals surface area contributed by atoms with Crippen LogP contribution in [0, 0.1) is 10.8 Å². The molecule has 0 saturated heterocycles. The number of benzene rings is 1. The van der Waals surface area contributed by atoms with Gasteiger partial charge >= 0.3 is 0 Å². The Balaban J connectivity index is 0.000000428. The zero-order valence-corrected chi connectivity index (χ0v) is 13.9. The number of phenolic OH excluding ortho intramolecular Hbond substituents is 1. The quantitative estimate of drug-likeness (QED) is 0.747.